The predicted octanol–water partition coefficient (Wildman–Crippen LogP) is 3.69. The molecule has 7 heteroatoms. The number of carbonyl (C=O) groups excluding carboxylic acids is 1. The number of carboxylic acids is 1. The number of nitrogens with zero attached hydrogens (tertiary/aromatic N) is 2. The van der Waals surface area contributed by atoms with Crippen molar-refractivity contribution in [3.8, 4) is 11.4 Å². The van der Waals surface area contributed by atoms with Crippen LogP contribution in [-0.4, -0.2) is 33.2 Å². The summed E-state index contributed by atoms with van der Waals surface area (Å²) < 4.78 is 0. The number of fused-ring (bicyclic) bond motifs is 1. The average molecular weight is 384 g/mol. The smallest absolute Gasteiger partial charge is 0.335 e. The summed E-state index contributed by atoms with van der Waals surface area (Å²) in [4.78, 5) is 31.0. The van der Waals surface area contributed by atoms with Crippen LogP contribution < -0.4 is 5.43 Å². The fourth-order valence-corrected chi connectivity index (χ4v) is 2.83. The highest BCUT2D eigenvalue weighted by atomic mass is 16.4. The van der Waals surface area contributed by atoms with Gasteiger partial charge in [-0.15, -0.1) is 0 Å². The van der Waals surface area contributed by atoms with E-state index in [1.165, 1.54) is 18.3 Å². The number of nitrogens with one attached hydrogen (secondary N) is 2. The van der Waals surface area contributed by atoms with Crippen molar-refractivity contribution in [3.05, 3.63) is 89.5 Å². The van der Waals surface area contributed by atoms with Crippen LogP contribution in [0.25, 0.3) is 22.4 Å². The predicted molar refractivity (Wildman–Crippen MR) is 110 cm³/mol. The Morgan fingerprint density at radius 3 is 2.41 bits per heavy atom. The third-order valence-corrected chi connectivity index (χ3v) is 4.33. The first-order valence-electron chi connectivity index (χ1n) is 8.82. The molecule has 0 spiro atoms. The zero-order valence-corrected chi connectivity index (χ0v) is 15.2. The maximum absolute atomic E-state index is 12.4. The van der Waals surface area contributed by atoms with Gasteiger partial charge in [-0.05, 0) is 35.9 Å². The number of carbonyl (C=O) groups is 2. The monoisotopic (exact) mass is 384 g/mol. The van der Waals surface area contributed by atoms with Gasteiger partial charge in [-0.3, -0.25) is 4.79 Å². The lowest BCUT2D eigenvalue weighted by Crippen LogP contribution is -2.17. The largest absolute Gasteiger partial charge is 0.478 e. The van der Waals surface area contributed by atoms with Gasteiger partial charge in [0.15, 0.2) is 0 Å². The number of amides is 1. The average Bonchev–Trinajstić information content (AvgIpc) is 3.18. The van der Waals surface area contributed by atoms with Crippen LogP contribution in [0.1, 0.15) is 26.3 Å². The Hall–Kier alpha value is -4.26. The van der Waals surface area contributed by atoms with Gasteiger partial charge < -0.3 is 10.1 Å². The molecule has 0 saturated heterocycles. The standard InChI is InChI=1S/C22H16N4O3/c27-21(26-23-13-14-6-8-16(9-7-14)22(28)29)17-10-11-18-19(12-17)25-20(24-18)15-4-2-1-3-5-15/h1-13H,(H,24,25)(H,26,27)(H,28,29)/b23-13+. The molecule has 7 nitrogen and oxygen atoms in total. The molecule has 1 aromatic heterocycles. The van der Waals surface area contributed by atoms with Crippen LogP contribution in [-0.2, 0) is 0 Å². The van der Waals surface area contributed by atoms with Crippen molar-refractivity contribution in [2.75, 3.05) is 0 Å². The van der Waals surface area contributed by atoms with Crippen molar-refractivity contribution < 1.29 is 14.7 Å². The minimum absolute atomic E-state index is 0.189. The number of imidazole rings is 1. The van der Waals surface area contributed by atoms with Crippen LogP contribution in [0.5, 0.6) is 0 Å². The van der Waals surface area contributed by atoms with E-state index in [4.69, 9.17) is 5.11 Å². The van der Waals surface area contributed by atoms with E-state index in [0.717, 1.165) is 22.4 Å². The van der Waals surface area contributed by atoms with Gasteiger partial charge in [0.05, 0.1) is 22.8 Å². The van der Waals surface area contributed by atoms with Crippen LogP contribution >= 0.6 is 0 Å². The Morgan fingerprint density at radius 1 is 0.966 bits per heavy atom. The molecule has 4 aromatic rings. The van der Waals surface area contributed by atoms with Crippen molar-refractivity contribution in [2.45, 2.75) is 0 Å². The normalized spacial score (nSPS) is 11.0. The van der Waals surface area contributed by atoms with Crippen LogP contribution in [0.2, 0.25) is 0 Å². The van der Waals surface area contributed by atoms with Gasteiger partial charge in [0.1, 0.15) is 5.82 Å². The van der Waals surface area contributed by atoms with Gasteiger partial charge in [0.2, 0.25) is 0 Å². The van der Waals surface area contributed by atoms with E-state index in [2.05, 4.69) is 20.5 Å². The molecule has 0 aliphatic heterocycles. The maximum atomic E-state index is 12.4. The maximum Gasteiger partial charge on any atom is 0.335 e. The molecule has 0 bridgehead atoms. The molecule has 29 heavy (non-hydrogen) atoms. The molecule has 0 saturated carbocycles. The third kappa shape index (κ3) is 4.03. The van der Waals surface area contributed by atoms with Gasteiger partial charge in [-0.1, -0.05) is 42.5 Å². The number of hydrogen-bond acceptors (Lipinski definition) is 4. The molecular formula is C22H16N4O3. The number of hydrazone groups is 1. The zero-order valence-electron chi connectivity index (χ0n) is 15.2. The van der Waals surface area contributed by atoms with Crippen LogP contribution in [0.3, 0.4) is 0 Å². The molecule has 0 fully saturated rings. The van der Waals surface area contributed by atoms with E-state index < -0.39 is 5.97 Å². The molecule has 4 rings (SSSR count). The molecule has 1 heterocycles. The lowest BCUT2D eigenvalue weighted by molar-refractivity contribution is 0.0696. The van der Waals surface area contributed by atoms with Crippen LogP contribution in [0.15, 0.2) is 77.9 Å². The number of H-pyrrole nitrogens is 1. The van der Waals surface area contributed by atoms with Crippen molar-refractivity contribution in [1.29, 1.82) is 0 Å². The minimum atomic E-state index is -0.994. The summed E-state index contributed by atoms with van der Waals surface area (Å²) in [6, 6.07) is 21.1. The quantitative estimate of drug-likeness (QED) is 0.360. The second-order valence-corrected chi connectivity index (χ2v) is 6.31. The van der Waals surface area contributed by atoms with E-state index in [1.807, 2.05) is 30.3 Å². The Balaban J connectivity index is 1.47. The van der Waals surface area contributed by atoms with Crippen molar-refractivity contribution >= 4 is 29.1 Å². The summed E-state index contributed by atoms with van der Waals surface area (Å²) in [6.45, 7) is 0. The molecule has 0 aliphatic carbocycles. The first kappa shape index (κ1) is 18.1. The highest BCUT2D eigenvalue weighted by Crippen LogP contribution is 2.21. The lowest BCUT2D eigenvalue weighted by Gasteiger charge is -2.00. The number of hydrogen-bond donors (Lipinski definition) is 3. The number of carboxylic acid groups (broad SMARTS) is 1. The lowest BCUT2D eigenvalue weighted by atomic mass is 10.1. The fraction of sp³-hybridized carbons (Fsp3) is 0. The van der Waals surface area contributed by atoms with E-state index >= 15 is 0 Å². The summed E-state index contributed by atoms with van der Waals surface area (Å²) in [5, 5.41) is 12.8. The summed E-state index contributed by atoms with van der Waals surface area (Å²) in [7, 11) is 0. The molecule has 0 radical (unpaired) electrons. The van der Waals surface area contributed by atoms with E-state index in [9.17, 15) is 9.59 Å². The zero-order chi connectivity index (χ0) is 20.2. The Kier molecular flexibility index (Phi) is 4.86. The number of rotatable bonds is 5. The summed E-state index contributed by atoms with van der Waals surface area (Å²) in [5.41, 5.74) is 6.26. The fourth-order valence-electron chi connectivity index (χ4n) is 2.83. The first-order valence-corrected chi connectivity index (χ1v) is 8.82. The highest BCUT2D eigenvalue weighted by Gasteiger charge is 2.09. The molecule has 3 aromatic carbocycles. The SMILES string of the molecule is O=C(O)c1ccc(/C=N/NC(=O)c2ccc3nc(-c4ccccc4)[nH]c3c2)cc1. The van der Waals surface area contributed by atoms with E-state index in [1.54, 1.807) is 30.3 Å². The van der Waals surface area contributed by atoms with Crippen LogP contribution in [0.4, 0.5) is 0 Å². The molecule has 0 aliphatic rings. The van der Waals surface area contributed by atoms with Crippen molar-refractivity contribution in [2.24, 2.45) is 5.10 Å². The van der Waals surface area contributed by atoms with Gasteiger partial charge in [0.25, 0.3) is 5.91 Å². The molecule has 0 atom stereocenters. The second-order valence-electron chi connectivity index (χ2n) is 6.31. The van der Waals surface area contributed by atoms with Gasteiger partial charge >= 0.3 is 5.97 Å². The second kappa shape index (κ2) is 7.77. The number of aromatic nitrogens is 2. The van der Waals surface area contributed by atoms with Gasteiger partial charge in [-0.25, -0.2) is 15.2 Å². The molecule has 3 N–H and O–H groups in total. The molecule has 142 valence electrons. The Morgan fingerprint density at radius 2 is 1.69 bits per heavy atom. The third-order valence-electron chi connectivity index (χ3n) is 4.33. The van der Waals surface area contributed by atoms with Crippen molar-refractivity contribution in [3.63, 3.8) is 0 Å². The highest BCUT2D eigenvalue weighted by molar-refractivity contribution is 5.98. The van der Waals surface area contributed by atoms with Gasteiger partial charge in [0, 0.05) is 11.1 Å². The van der Waals surface area contributed by atoms with Crippen molar-refractivity contribution in [1.82, 2.24) is 15.4 Å². The van der Waals surface area contributed by atoms with E-state index in [0.29, 0.717) is 11.1 Å². The molecule has 0 unspecified atom stereocenters. The summed E-state index contributed by atoms with van der Waals surface area (Å²) >= 11 is 0. The number of benzene rings is 3. The molecular weight excluding hydrogens is 368 g/mol. The van der Waals surface area contributed by atoms with Gasteiger partial charge in [-0.2, -0.15) is 5.10 Å². The molecule has 1 amide bonds. The van der Waals surface area contributed by atoms with E-state index in [-0.39, 0.29) is 11.5 Å². The topological polar surface area (TPSA) is 107 Å². The first-order chi connectivity index (χ1) is 14.1. The Bertz CT molecular complexity index is 1210. The minimum Gasteiger partial charge on any atom is -0.478 e. The van der Waals surface area contributed by atoms with Crippen LogP contribution in [0, 0.1) is 0 Å². The number of aromatic amines is 1. The Labute approximate surface area is 165 Å². The number of aromatic carboxylic acids is 1. The summed E-state index contributed by atoms with van der Waals surface area (Å²) in [5.74, 6) is -0.617. The summed E-state index contributed by atoms with van der Waals surface area (Å²) in [6.07, 6.45) is 1.45.